The van der Waals surface area contributed by atoms with Gasteiger partial charge in [-0.1, -0.05) is 56.3 Å². The lowest BCUT2D eigenvalue weighted by molar-refractivity contribution is 0.281. The molecule has 2 aromatic rings. The SMILES string of the molecule is CC(C)c1ccccc1OCc1ccc(CO)cc1. The average molecular weight is 256 g/mol. The molecule has 2 heteroatoms. The highest BCUT2D eigenvalue weighted by molar-refractivity contribution is 5.35. The van der Waals surface area contributed by atoms with Crippen molar-refractivity contribution in [2.45, 2.75) is 33.0 Å². The van der Waals surface area contributed by atoms with Gasteiger partial charge in [0.25, 0.3) is 0 Å². The zero-order valence-corrected chi connectivity index (χ0v) is 11.5. The summed E-state index contributed by atoms with van der Waals surface area (Å²) in [5.41, 5.74) is 3.26. The summed E-state index contributed by atoms with van der Waals surface area (Å²) in [6.07, 6.45) is 0. The van der Waals surface area contributed by atoms with Crippen molar-refractivity contribution in [1.82, 2.24) is 0 Å². The van der Waals surface area contributed by atoms with Gasteiger partial charge >= 0.3 is 0 Å². The molecule has 0 bridgehead atoms. The van der Waals surface area contributed by atoms with E-state index in [4.69, 9.17) is 9.84 Å². The first-order valence-electron chi connectivity index (χ1n) is 6.61. The normalized spacial score (nSPS) is 10.7. The standard InChI is InChI=1S/C17H20O2/c1-13(2)16-5-3-4-6-17(16)19-12-15-9-7-14(11-18)8-10-15/h3-10,13,18H,11-12H2,1-2H3. The lowest BCUT2D eigenvalue weighted by Crippen LogP contribution is -1.99. The van der Waals surface area contributed by atoms with Gasteiger partial charge in [0.1, 0.15) is 12.4 Å². The molecule has 0 saturated heterocycles. The Labute approximate surface area is 114 Å². The number of ether oxygens (including phenoxy) is 1. The summed E-state index contributed by atoms with van der Waals surface area (Å²) in [6.45, 7) is 4.96. The van der Waals surface area contributed by atoms with Crippen LogP contribution in [0, 0.1) is 0 Å². The second kappa shape index (κ2) is 6.39. The molecule has 0 saturated carbocycles. The van der Waals surface area contributed by atoms with E-state index in [-0.39, 0.29) is 6.61 Å². The third-order valence-electron chi connectivity index (χ3n) is 3.14. The summed E-state index contributed by atoms with van der Waals surface area (Å²) in [5, 5.41) is 9.00. The number of rotatable bonds is 5. The molecule has 0 atom stereocenters. The molecule has 2 aromatic carbocycles. The van der Waals surface area contributed by atoms with Crippen molar-refractivity contribution in [3.63, 3.8) is 0 Å². The summed E-state index contributed by atoms with van der Waals surface area (Å²) >= 11 is 0. The fraction of sp³-hybridized carbons (Fsp3) is 0.294. The first-order valence-corrected chi connectivity index (χ1v) is 6.61. The molecule has 2 rings (SSSR count). The predicted octanol–water partition coefficient (Wildman–Crippen LogP) is 3.88. The maximum atomic E-state index is 9.00. The van der Waals surface area contributed by atoms with E-state index in [0.29, 0.717) is 12.5 Å². The van der Waals surface area contributed by atoms with Crippen molar-refractivity contribution in [3.05, 3.63) is 65.2 Å². The van der Waals surface area contributed by atoms with E-state index in [0.717, 1.165) is 16.9 Å². The highest BCUT2D eigenvalue weighted by Gasteiger charge is 2.06. The molecule has 0 fully saturated rings. The monoisotopic (exact) mass is 256 g/mol. The van der Waals surface area contributed by atoms with Gasteiger partial charge in [0.2, 0.25) is 0 Å². The average Bonchev–Trinajstić information content (AvgIpc) is 2.46. The topological polar surface area (TPSA) is 29.5 Å². The van der Waals surface area contributed by atoms with Crippen LogP contribution in [0.2, 0.25) is 0 Å². The molecule has 0 aliphatic carbocycles. The van der Waals surface area contributed by atoms with E-state index >= 15 is 0 Å². The van der Waals surface area contributed by atoms with Crippen molar-refractivity contribution < 1.29 is 9.84 Å². The minimum Gasteiger partial charge on any atom is -0.489 e. The molecule has 0 unspecified atom stereocenters. The molecule has 0 amide bonds. The molecule has 2 nitrogen and oxygen atoms in total. The van der Waals surface area contributed by atoms with Gasteiger partial charge < -0.3 is 9.84 Å². The van der Waals surface area contributed by atoms with Crippen molar-refractivity contribution in [3.8, 4) is 5.75 Å². The Hall–Kier alpha value is -1.80. The molecule has 0 spiro atoms. The van der Waals surface area contributed by atoms with E-state index in [1.165, 1.54) is 5.56 Å². The molecular formula is C17H20O2. The third kappa shape index (κ3) is 3.58. The van der Waals surface area contributed by atoms with Gasteiger partial charge in [0.05, 0.1) is 6.61 Å². The summed E-state index contributed by atoms with van der Waals surface area (Å²) in [5.74, 6) is 1.40. The van der Waals surface area contributed by atoms with Gasteiger partial charge in [-0.05, 0) is 28.7 Å². The second-order valence-corrected chi connectivity index (χ2v) is 4.96. The molecule has 1 N–H and O–H groups in total. The Bertz CT molecular complexity index is 515. The summed E-state index contributed by atoms with van der Waals surface area (Å²) < 4.78 is 5.90. The van der Waals surface area contributed by atoms with Gasteiger partial charge in [0, 0.05) is 0 Å². The molecule has 19 heavy (non-hydrogen) atoms. The number of aliphatic hydroxyl groups excluding tert-OH is 1. The Kier molecular flexibility index (Phi) is 4.58. The van der Waals surface area contributed by atoms with Crippen molar-refractivity contribution >= 4 is 0 Å². The zero-order chi connectivity index (χ0) is 13.7. The summed E-state index contributed by atoms with van der Waals surface area (Å²) in [7, 11) is 0. The minimum atomic E-state index is 0.0807. The van der Waals surface area contributed by atoms with E-state index in [1.807, 2.05) is 42.5 Å². The van der Waals surface area contributed by atoms with Crippen molar-refractivity contribution in [2.24, 2.45) is 0 Å². The van der Waals surface area contributed by atoms with Crippen LogP contribution in [0.15, 0.2) is 48.5 Å². The fourth-order valence-corrected chi connectivity index (χ4v) is 1.99. The summed E-state index contributed by atoms with van der Waals surface area (Å²) in [6, 6.07) is 16.0. The van der Waals surface area contributed by atoms with Crippen molar-refractivity contribution in [2.75, 3.05) is 0 Å². The van der Waals surface area contributed by atoms with Crippen LogP contribution in [0.4, 0.5) is 0 Å². The Balaban J connectivity index is 2.05. The molecule has 0 aliphatic rings. The highest BCUT2D eigenvalue weighted by Crippen LogP contribution is 2.26. The lowest BCUT2D eigenvalue weighted by atomic mass is 10.0. The van der Waals surface area contributed by atoms with Crippen LogP contribution in [0.25, 0.3) is 0 Å². The number of benzene rings is 2. The van der Waals surface area contributed by atoms with Crippen LogP contribution >= 0.6 is 0 Å². The smallest absolute Gasteiger partial charge is 0.123 e. The lowest BCUT2D eigenvalue weighted by Gasteiger charge is -2.14. The molecular weight excluding hydrogens is 236 g/mol. The quantitative estimate of drug-likeness (QED) is 0.879. The zero-order valence-electron chi connectivity index (χ0n) is 11.5. The van der Waals surface area contributed by atoms with Crippen LogP contribution in [0.1, 0.15) is 36.5 Å². The number of hydrogen-bond donors (Lipinski definition) is 1. The largest absolute Gasteiger partial charge is 0.489 e. The summed E-state index contributed by atoms with van der Waals surface area (Å²) in [4.78, 5) is 0. The number of hydrogen-bond acceptors (Lipinski definition) is 2. The van der Waals surface area contributed by atoms with Crippen LogP contribution in [0.3, 0.4) is 0 Å². The van der Waals surface area contributed by atoms with E-state index < -0.39 is 0 Å². The van der Waals surface area contributed by atoms with E-state index in [2.05, 4.69) is 19.9 Å². The van der Waals surface area contributed by atoms with Gasteiger partial charge in [-0.15, -0.1) is 0 Å². The van der Waals surface area contributed by atoms with E-state index in [1.54, 1.807) is 0 Å². The first kappa shape index (κ1) is 13.6. The van der Waals surface area contributed by atoms with Crippen LogP contribution < -0.4 is 4.74 Å². The van der Waals surface area contributed by atoms with Gasteiger partial charge in [-0.25, -0.2) is 0 Å². The number of para-hydroxylation sites is 1. The van der Waals surface area contributed by atoms with Crippen LogP contribution in [0.5, 0.6) is 5.75 Å². The molecule has 0 aromatic heterocycles. The van der Waals surface area contributed by atoms with Crippen molar-refractivity contribution in [1.29, 1.82) is 0 Å². The molecule has 0 aliphatic heterocycles. The minimum absolute atomic E-state index is 0.0807. The predicted molar refractivity (Wildman–Crippen MR) is 77.2 cm³/mol. The van der Waals surface area contributed by atoms with Gasteiger partial charge in [-0.3, -0.25) is 0 Å². The van der Waals surface area contributed by atoms with Crippen LogP contribution in [-0.2, 0) is 13.2 Å². The third-order valence-corrected chi connectivity index (χ3v) is 3.14. The Morgan fingerprint density at radius 1 is 0.947 bits per heavy atom. The second-order valence-electron chi connectivity index (χ2n) is 4.96. The first-order chi connectivity index (χ1) is 9.20. The highest BCUT2D eigenvalue weighted by atomic mass is 16.5. The molecule has 0 radical (unpaired) electrons. The van der Waals surface area contributed by atoms with E-state index in [9.17, 15) is 0 Å². The van der Waals surface area contributed by atoms with Gasteiger partial charge in [-0.2, -0.15) is 0 Å². The maximum Gasteiger partial charge on any atom is 0.123 e. The maximum absolute atomic E-state index is 9.00. The molecule has 100 valence electrons. The van der Waals surface area contributed by atoms with Gasteiger partial charge in [0.15, 0.2) is 0 Å². The molecule has 0 heterocycles. The fourth-order valence-electron chi connectivity index (χ4n) is 1.99. The Morgan fingerprint density at radius 3 is 2.21 bits per heavy atom. The van der Waals surface area contributed by atoms with Crippen LogP contribution in [-0.4, -0.2) is 5.11 Å². The number of aliphatic hydroxyl groups is 1. The Morgan fingerprint density at radius 2 is 1.58 bits per heavy atom.